The average molecular weight is 286 g/mol. The number of rotatable bonds is 3. The van der Waals surface area contributed by atoms with Gasteiger partial charge in [-0.1, -0.05) is 18.2 Å². The van der Waals surface area contributed by atoms with Crippen molar-refractivity contribution in [3.63, 3.8) is 0 Å². The number of aromatic nitrogens is 2. The van der Waals surface area contributed by atoms with E-state index in [1.807, 2.05) is 24.3 Å². The van der Waals surface area contributed by atoms with Crippen LogP contribution in [0, 0.1) is 6.92 Å². The first-order valence-electron chi connectivity index (χ1n) is 5.89. The van der Waals surface area contributed by atoms with Crippen molar-refractivity contribution < 1.29 is 14.7 Å². The molecule has 0 fully saturated rings. The smallest absolute Gasteiger partial charge is 0.355 e. The maximum Gasteiger partial charge on any atom is 0.355 e. The number of nitrogens with zero attached hydrogens (tertiary/aromatic N) is 1. The number of carbonyl (C=O) groups is 2. The summed E-state index contributed by atoms with van der Waals surface area (Å²) in [6.07, 6.45) is 1.63. The lowest BCUT2D eigenvalue weighted by Gasteiger charge is -1.94. The Bertz CT molecular complexity index is 832. The highest BCUT2D eigenvalue weighted by Crippen LogP contribution is 2.24. The van der Waals surface area contributed by atoms with Gasteiger partial charge in [-0.3, -0.25) is 4.79 Å². The van der Waals surface area contributed by atoms with Crippen LogP contribution in [0.1, 0.15) is 30.7 Å². The van der Waals surface area contributed by atoms with Crippen LogP contribution in [0.4, 0.5) is 0 Å². The van der Waals surface area contributed by atoms with Crippen molar-refractivity contribution in [2.75, 3.05) is 0 Å². The molecule has 3 rings (SSSR count). The maximum absolute atomic E-state index is 12.4. The van der Waals surface area contributed by atoms with Crippen LogP contribution in [0.2, 0.25) is 0 Å². The predicted octanol–water partition coefficient (Wildman–Crippen LogP) is 2.86. The first kappa shape index (κ1) is 12.6. The fourth-order valence-corrected chi connectivity index (χ4v) is 2.93. The Labute approximate surface area is 117 Å². The number of hydrogen-bond donors (Lipinski definition) is 2. The zero-order valence-electron chi connectivity index (χ0n) is 10.5. The third-order valence-electron chi connectivity index (χ3n) is 3.03. The normalized spacial score (nSPS) is 10.8. The summed E-state index contributed by atoms with van der Waals surface area (Å²) in [5.74, 6) is -1.38. The summed E-state index contributed by atoms with van der Waals surface area (Å²) in [7, 11) is 0. The number of ketones is 1. The van der Waals surface area contributed by atoms with Gasteiger partial charge < -0.3 is 10.1 Å². The van der Waals surface area contributed by atoms with Crippen LogP contribution in [0.25, 0.3) is 10.9 Å². The molecule has 100 valence electrons. The number of hydrogen-bond acceptors (Lipinski definition) is 4. The number of thiazole rings is 1. The molecule has 0 bridgehead atoms. The maximum atomic E-state index is 12.4. The van der Waals surface area contributed by atoms with Crippen molar-refractivity contribution in [2.24, 2.45) is 0 Å². The first-order chi connectivity index (χ1) is 9.58. The molecule has 6 heteroatoms. The first-order valence-corrected chi connectivity index (χ1v) is 6.71. The van der Waals surface area contributed by atoms with E-state index in [1.165, 1.54) is 0 Å². The number of benzene rings is 1. The third-order valence-corrected chi connectivity index (χ3v) is 4.00. The second kappa shape index (κ2) is 4.57. The zero-order valence-corrected chi connectivity index (χ0v) is 11.3. The lowest BCUT2D eigenvalue weighted by Crippen LogP contribution is -2.03. The molecule has 0 aliphatic rings. The van der Waals surface area contributed by atoms with Crippen LogP contribution in [0.15, 0.2) is 30.5 Å². The number of aromatic carboxylic acids is 1. The summed E-state index contributed by atoms with van der Waals surface area (Å²) in [5.41, 5.74) is 1.31. The van der Waals surface area contributed by atoms with Crippen molar-refractivity contribution in [1.82, 2.24) is 9.97 Å². The highest BCUT2D eigenvalue weighted by Gasteiger charge is 2.21. The number of carbonyl (C=O) groups excluding carboxylic acids is 1. The van der Waals surface area contributed by atoms with Gasteiger partial charge in [0.25, 0.3) is 0 Å². The zero-order chi connectivity index (χ0) is 14.3. The number of H-pyrrole nitrogens is 1. The number of para-hydroxylation sites is 1. The van der Waals surface area contributed by atoms with Crippen molar-refractivity contribution >= 4 is 34.0 Å². The molecule has 20 heavy (non-hydrogen) atoms. The van der Waals surface area contributed by atoms with E-state index in [2.05, 4.69) is 9.97 Å². The monoisotopic (exact) mass is 286 g/mol. The largest absolute Gasteiger partial charge is 0.476 e. The number of aromatic amines is 1. The van der Waals surface area contributed by atoms with E-state index in [1.54, 1.807) is 13.1 Å². The Balaban J connectivity index is 2.09. The second-order valence-electron chi connectivity index (χ2n) is 4.31. The molecule has 0 radical (unpaired) electrons. The molecule has 0 saturated carbocycles. The Morgan fingerprint density at radius 3 is 2.75 bits per heavy atom. The molecule has 0 atom stereocenters. The van der Waals surface area contributed by atoms with Crippen molar-refractivity contribution in [3.8, 4) is 0 Å². The minimum atomic E-state index is -1.11. The third kappa shape index (κ3) is 1.90. The molecule has 0 spiro atoms. The van der Waals surface area contributed by atoms with Gasteiger partial charge in [0, 0.05) is 22.0 Å². The molecule has 0 aliphatic carbocycles. The summed E-state index contributed by atoms with van der Waals surface area (Å²) in [6, 6.07) is 7.45. The van der Waals surface area contributed by atoms with E-state index >= 15 is 0 Å². The fraction of sp³-hybridized carbons (Fsp3) is 0.0714. The molecule has 0 amide bonds. The van der Waals surface area contributed by atoms with E-state index in [0.29, 0.717) is 10.4 Å². The summed E-state index contributed by atoms with van der Waals surface area (Å²) in [4.78, 5) is 30.9. The van der Waals surface area contributed by atoms with Crippen molar-refractivity contribution in [3.05, 3.63) is 51.6 Å². The minimum absolute atomic E-state index is 0.0572. The van der Waals surface area contributed by atoms with Gasteiger partial charge in [0.2, 0.25) is 5.78 Å². The van der Waals surface area contributed by atoms with Gasteiger partial charge in [0.05, 0.1) is 5.56 Å². The topological polar surface area (TPSA) is 83.0 Å². The Morgan fingerprint density at radius 1 is 1.30 bits per heavy atom. The molecular formula is C14H10N2O3S. The van der Waals surface area contributed by atoms with E-state index in [9.17, 15) is 9.59 Å². The number of carboxylic acids is 1. The Morgan fingerprint density at radius 2 is 2.05 bits per heavy atom. The molecule has 0 unspecified atom stereocenters. The highest BCUT2D eigenvalue weighted by molar-refractivity contribution is 7.14. The van der Waals surface area contributed by atoms with Gasteiger partial charge in [-0.15, -0.1) is 11.3 Å². The van der Waals surface area contributed by atoms with Gasteiger partial charge in [0.15, 0.2) is 10.7 Å². The van der Waals surface area contributed by atoms with Crippen LogP contribution >= 0.6 is 11.3 Å². The van der Waals surface area contributed by atoms with Crippen molar-refractivity contribution in [1.29, 1.82) is 0 Å². The van der Waals surface area contributed by atoms with Crippen LogP contribution in [0.5, 0.6) is 0 Å². The van der Waals surface area contributed by atoms with Gasteiger partial charge in [0.1, 0.15) is 0 Å². The second-order valence-corrected chi connectivity index (χ2v) is 5.51. The summed E-state index contributed by atoms with van der Waals surface area (Å²) < 4.78 is 0. The molecule has 2 heterocycles. The van der Waals surface area contributed by atoms with Gasteiger partial charge >= 0.3 is 5.97 Å². The number of nitrogens with one attached hydrogen (secondary N) is 1. The number of carboxylic acid groups (broad SMARTS) is 1. The van der Waals surface area contributed by atoms with Crippen LogP contribution in [0.3, 0.4) is 0 Å². The predicted molar refractivity (Wildman–Crippen MR) is 75.5 cm³/mol. The molecule has 1 aromatic carbocycles. The van der Waals surface area contributed by atoms with Gasteiger partial charge in [-0.25, -0.2) is 9.78 Å². The minimum Gasteiger partial charge on any atom is -0.476 e. The van der Waals surface area contributed by atoms with Crippen LogP contribution in [-0.2, 0) is 0 Å². The van der Waals surface area contributed by atoms with Crippen LogP contribution in [-0.4, -0.2) is 26.8 Å². The molecule has 2 N–H and O–H groups in total. The number of fused-ring (bicyclic) bond motifs is 1. The number of aryl methyl sites for hydroxylation is 1. The van der Waals surface area contributed by atoms with Crippen LogP contribution < -0.4 is 0 Å². The van der Waals surface area contributed by atoms with E-state index in [-0.39, 0.29) is 16.5 Å². The van der Waals surface area contributed by atoms with Gasteiger partial charge in [-0.05, 0) is 13.0 Å². The van der Waals surface area contributed by atoms with E-state index in [0.717, 1.165) is 22.2 Å². The van der Waals surface area contributed by atoms with Gasteiger partial charge in [-0.2, -0.15) is 0 Å². The molecule has 2 aromatic heterocycles. The molecule has 5 nitrogen and oxygen atoms in total. The lowest BCUT2D eigenvalue weighted by atomic mass is 10.1. The standard InChI is InChI=1S/C14H10N2O3S/c1-7-11(14(18)19)16-13(20-7)12(17)9-6-15-10-5-3-2-4-8(9)10/h2-6,15H,1H3,(H,18,19). The summed E-state index contributed by atoms with van der Waals surface area (Å²) in [5, 5.41) is 10.00. The fourth-order valence-electron chi connectivity index (χ4n) is 2.07. The molecule has 0 aliphatic heterocycles. The molecular weight excluding hydrogens is 276 g/mol. The Kier molecular flexibility index (Phi) is 2.87. The highest BCUT2D eigenvalue weighted by atomic mass is 32.1. The average Bonchev–Trinajstić information content (AvgIpc) is 3.01. The van der Waals surface area contributed by atoms with E-state index < -0.39 is 5.97 Å². The molecule has 0 saturated heterocycles. The lowest BCUT2D eigenvalue weighted by molar-refractivity contribution is 0.0690. The van der Waals surface area contributed by atoms with E-state index in [4.69, 9.17) is 5.11 Å². The summed E-state index contributed by atoms with van der Waals surface area (Å²) in [6.45, 7) is 1.65. The quantitative estimate of drug-likeness (QED) is 0.725. The molecule has 3 aromatic rings. The SMILES string of the molecule is Cc1sc(C(=O)c2c[nH]c3ccccc23)nc1C(=O)O. The van der Waals surface area contributed by atoms with Crippen molar-refractivity contribution in [2.45, 2.75) is 6.92 Å². The Hall–Kier alpha value is -2.47. The summed E-state index contributed by atoms with van der Waals surface area (Å²) >= 11 is 1.10.